The Morgan fingerprint density at radius 1 is 1.56 bits per heavy atom. The molecule has 0 aromatic heterocycles. The summed E-state index contributed by atoms with van der Waals surface area (Å²) in [6, 6.07) is -0.139. The number of rotatable bonds is 1. The number of likely N-dealkylation sites (tertiary alicyclic amines) is 1. The number of aliphatic hydroxyl groups excluding tert-OH is 1. The van der Waals surface area contributed by atoms with E-state index in [0.717, 1.165) is 12.8 Å². The Kier molecular flexibility index (Phi) is 2.68. The van der Waals surface area contributed by atoms with Crippen molar-refractivity contribution in [2.45, 2.75) is 31.3 Å². The quantitative estimate of drug-likeness (QED) is 0.698. The largest absolute Gasteiger partial charge is 0.394 e. The van der Waals surface area contributed by atoms with Crippen molar-refractivity contribution in [1.82, 2.24) is 4.90 Å². The molecule has 1 spiro atoms. The van der Waals surface area contributed by atoms with E-state index in [2.05, 4.69) is 0 Å². The minimum Gasteiger partial charge on any atom is -0.394 e. The zero-order valence-electron chi connectivity index (χ0n) is 9.22. The number of allylic oxidation sites excluding steroid dienone is 2. The number of aliphatic hydroxyl groups is 1. The van der Waals surface area contributed by atoms with E-state index >= 15 is 0 Å². The van der Waals surface area contributed by atoms with E-state index < -0.39 is 5.54 Å². The maximum atomic E-state index is 11.6. The van der Waals surface area contributed by atoms with E-state index in [-0.39, 0.29) is 24.3 Å². The van der Waals surface area contributed by atoms with Crippen molar-refractivity contribution in [1.29, 1.82) is 0 Å². The van der Waals surface area contributed by atoms with Crippen molar-refractivity contribution in [3.63, 3.8) is 0 Å². The lowest BCUT2D eigenvalue weighted by Gasteiger charge is -2.37. The highest BCUT2D eigenvalue weighted by molar-refractivity contribution is 6.01. The molecule has 2 aliphatic rings. The van der Waals surface area contributed by atoms with Crippen molar-refractivity contribution in [2.24, 2.45) is 0 Å². The Morgan fingerprint density at radius 3 is 2.69 bits per heavy atom. The van der Waals surface area contributed by atoms with Crippen LogP contribution in [-0.4, -0.2) is 39.9 Å². The average molecular weight is 221 g/mol. The Bertz CT molecular complexity index is 368. The molecule has 1 N–H and O–H groups in total. The van der Waals surface area contributed by atoms with Gasteiger partial charge in [-0.1, -0.05) is 12.2 Å². The molecule has 1 aliphatic carbocycles. The van der Waals surface area contributed by atoms with Crippen molar-refractivity contribution < 1.29 is 14.7 Å². The molecule has 0 radical (unpaired) electrons. The van der Waals surface area contributed by atoms with Gasteiger partial charge < -0.3 is 10.0 Å². The van der Waals surface area contributed by atoms with E-state index in [9.17, 15) is 14.7 Å². The van der Waals surface area contributed by atoms with Gasteiger partial charge >= 0.3 is 0 Å². The van der Waals surface area contributed by atoms with E-state index in [4.69, 9.17) is 0 Å². The molecule has 0 aromatic rings. The van der Waals surface area contributed by atoms with Crippen LogP contribution in [-0.2, 0) is 9.59 Å². The van der Waals surface area contributed by atoms with Crippen LogP contribution in [0, 0.1) is 0 Å². The molecule has 1 fully saturated rings. The van der Waals surface area contributed by atoms with E-state index in [0.29, 0.717) is 0 Å². The highest BCUT2D eigenvalue weighted by Crippen LogP contribution is 2.37. The molecule has 1 amide bonds. The summed E-state index contributed by atoms with van der Waals surface area (Å²) in [5.41, 5.74) is -0.493. The normalized spacial score (nSPS) is 26.8. The Balaban J connectivity index is 2.34. The molecule has 2 rings (SSSR count). The lowest BCUT2D eigenvalue weighted by molar-refractivity contribution is -0.133. The van der Waals surface area contributed by atoms with E-state index in [1.54, 1.807) is 17.1 Å². The Hall–Kier alpha value is -1.42. The highest BCUT2D eigenvalue weighted by atomic mass is 16.3. The van der Waals surface area contributed by atoms with Gasteiger partial charge in [0.05, 0.1) is 18.2 Å². The van der Waals surface area contributed by atoms with E-state index in [1.807, 2.05) is 0 Å². The standard InChI is InChI=1S/C12H15NO3/c1-9(15)13-10(8-14)2-5-12(13)6-3-11(16)4-7-12/h3-4,6-7,10,14H,2,5,8H2,1H3/t10-/m1/s1. The SMILES string of the molecule is CC(=O)N1[C@@H](CO)CCC12C=CC(=O)C=C2. The fourth-order valence-corrected chi connectivity index (χ4v) is 2.60. The third-order valence-corrected chi connectivity index (χ3v) is 3.31. The first-order chi connectivity index (χ1) is 7.59. The van der Waals surface area contributed by atoms with Gasteiger partial charge in [0.15, 0.2) is 5.78 Å². The minimum atomic E-state index is -0.493. The van der Waals surface area contributed by atoms with E-state index in [1.165, 1.54) is 19.1 Å². The summed E-state index contributed by atoms with van der Waals surface area (Å²) in [5, 5.41) is 9.24. The first-order valence-electron chi connectivity index (χ1n) is 5.42. The fraction of sp³-hybridized carbons (Fsp3) is 0.500. The summed E-state index contributed by atoms with van der Waals surface area (Å²) in [7, 11) is 0. The number of hydrogen-bond donors (Lipinski definition) is 1. The van der Waals surface area contributed by atoms with Gasteiger partial charge in [-0.15, -0.1) is 0 Å². The lowest BCUT2D eigenvalue weighted by atomic mass is 9.91. The predicted molar refractivity (Wildman–Crippen MR) is 58.6 cm³/mol. The second-order valence-corrected chi connectivity index (χ2v) is 4.32. The van der Waals surface area contributed by atoms with Crippen molar-refractivity contribution >= 4 is 11.7 Å². The minimum absolute atomic E-state index is 0.0308. The van der Waals surface area contributed by atoms with Crippen LogP contribution in [0.3, 0.4) is 0 Å². The molecule has 0 unspecified atom stereocenters. The van der Waals surface area contributed by atoms with Crippen molar-refractivity contribution in [3.05, 3.63) is 24.3 Å². The average Bonchev–Trinajstić information content (AvgIpc) is 2.62. The van der Waals surface area contributed by atoms with Crippen LogP contribution in [0.25, 0.3) is 0 Å². The van der Waals surface area contributed by atoms with Crippen LogP contribution in [0.4, 0.5) is 0 Å². The van der Waals surface area contributed by atoms with Gasteiger partial charge in [0.1, 0.15) is 0 Å². The van der Waals surface area contributed by atoms with Gasteiger partial charge in [-0.2, -0.15) is 0 Å². The third-order valence-electron chi connectivity index (χ3n) is 3.31. The first-order valence-corrected chi connectivity index (χ1v) is 5.42. The molecule has 1 saturated heterocycles. The summed E-state index contributed by atoms with van der Waals surface area (Å²) < 4.78 is 0. The molecular weight excluding hydrogens is 206 g/mol. The Morgan fingerprint density at radius 2 is 2.19 bits per heavy atom. The number of hydrogen-bond acceptors (Lipinski definition) is 3. The summed E-state index contributed by atoms with van der Waals surface area (Å²) in [5.74, 6) is -0.123. The molecule has 86 valence electrons. The van der Waals surface area contributed by atoms with Crippen LogP contribution >= 0.6 is 0 Å². The monoisotopic (exact) mass is 221 g/mol. The van der Waals surface area contributed by atoms with Crippen LogP contribution < -0.4 is 0 Å². The number of ketones is 1. The Labute approximate surface area is 94.2 Å². The van der Waals surface area contributed by atoms with Crippen LogP contribution in [0.2, 0.25) is 0 Å². The molecule has 4 nitrogen and oxygen atoms in total. The lowest BCUT2D eigenvalue weighted by Crippen LogP contribution is -2.49. The molecule has 1 heterocycles. The van der Waals surface area contributed by atoms with Gasteiger partial charge in [0.25, 0.3) is 0 Å². The summed E-state index contributed by atoms with van der Waals surface area (Å²) in [6.07, 6.45) is 8.06. The molecule has 1 atom stereocenters. The summed E-state index contributed by atoms with van der Waals surface area (Å²) >= 11 is 0. The van der Waals surface area contributed by atoms with Crippen molar-refractivity contribution in [3.8, 4) is 0 Å². The third kappa shape index (κ3) is 1.59. The first kappa shape index (κ1) is 11.1. The summed E-state index contributed by atoms with van der Waals surface area (Å²) in [6.45, 7) is 1.46. The number of carbonyl (C=O) groups is 2. The van der Waals surface area contributed by atoms with Gasteiger partial charge in [-0.05, 0) is 25.0 Å². The van der Waals surface area contributed by atoms with Crippen LogP contribution in [0.5, 0.6) is 0 Å². The van der Waals surface area contributed by atoms with Gasteiger partial charge in [0.2, 0.25) is 5.91 Å². The van der Waals surface area contributed by atoms with Crippen LogP contribution in [0.1, 0.15) is 19.8 Å². The van der Waals surface area contributed by atoms with Gasteiger partial charge in [-0.3, -0.25) is 9.59 Å². The molecule has 0 aromatic carbocycles. The maximum Gasteiger partial charge on any atom is 0.220 e. The molecule has 4 heteroatoms. The summed E-state index contributed by atoms with van der Waals surface area (Å²) in [4.78, 5) is 24.4. The zero-order chi connectivity index (χ0) is 11.8. The number of amides is 1. The molecule has 0 bridgehead atoms. The molecule has 1 aliphatic heterocycles. The maximum absolute atomic E-state index is 11.6. The molecular formula is C12H15NO3. The second kappa shape index (κ2) is 3.87. The number of nitrogens with zero attached hydrogens (tertiary/aromatic N) is 1. The number of carbonyl (C=O) groups excluding carboxylic acids is 2. The van der Waals surface area contributed by atoms with Crippen LogP contribution in [0.15, 0.2) is 24.3 Å². The fourth-order valence-electron chi connectivity index (χ4n) is 2.60. The topological polar surface area (TPSA) is 57.6 Å². The van der Waals surface area contributed by atoms with Crippen molar-refractivity contribution in [2.75, 3.05) is 6.61 Å². The van der Waals surface area contributed by atoms with Gasteiger partial charge in [-0.25, -0.2) is 0 Å². The zero-order valence-corrected chi connectivity index (χ0v) is 9.22. The van der Waals surface area contributed by atoms with Gasteiger partial charge in [0, 0.05) is 6.92 Å². The second-order valence-electron chi connectivity index (χ2n) is 4.32. The molecule has 16 heavy (non-hydrogen) atoms. The predicted octanol–water partition coefficient (Wildman–Crippen LogP) is 0.423. The highest BCUT2D eigenvalue weighted by Gasteiger charge is 2.44. The molecule has 0 saturated carbocycles. The smallest absolute Gasteiger partial charge is 0.220 e.